The zero-order chi connectivity index (χ0) is 13.3. The Bertz CT molecular complexity index is 562. The van der Waals surface area contributed by atoms with E-state index in [1.807, 2.05) is 0 Å². The fourth-order valence-electron chi connectivity index (χ4n) is 1.67. The van der Waals surface area contributed by atoms with Crippen molar-refractivity contribution in [2.24, 2.45) is 0 Å². The predicted octanol–water partition coefficient (Wildman–Crippen LogP) is 0.970. The van der Waals surface area contributed by atoms with E-state index in [-0.39, 0.29) is 4.86 Å². The molecule has 0 unspecified atom stereocenters. The molecule has 1 N–H and O–H groups in total. The summed E-state index contributed by atoms with van der Waals surface area (Å²) in [6.07, 6.45) is 3.54. The average Bonchev–Trinajstić information content (AvgIpc) is 2.28. The molecule has 1 heterocycles. The summed E-state index contributed by atoms with van der Waals surface area (Å²) in [6.45, 7) is 0. The highest BCUT2D eigenvalue weighted by molar-refractivity contribution is 8.16. The van der Waals surface area contributed by atoms with Gasteiger partial charge in [-0.05, 0) is 24.6 Å². The van der Waals surface area contributed by atoms with Gasteiger partial charge in [0.05, 0.1) is 5.69 Å². The number of hydrogen-bond donors (Lipinski definition) is 1. The lowest BCUT2D eigenvalue weighted by atomic mass is 10.2. The molecule has 18 heavy (non-hydrogen) atoms. The third-order valence-electron chi connectivity index (χ3n) is 2.45. The molecule has 1 aliphatic heterocycles. The van der Waals surface area contributed by atoms with Gasteiger partial charge in [-0.1, -0.05) is 18.2 Å². The van der Waals surface area contributed by atoms with Gasteiger partial charge in [0, 0.05) is 0 Å². The van der Waals surface area contributed by atoms with E-state index in [0.717, 1.165) is 4.90 Å². The molecule has 6 heteroatoms. The molecule has 1 aromatic carbocycles. The van der Waals surface area contributed by atoms with E-state index in [0.29, 0.717) is 5.69 Å². The van der Waals surface area contributed by atoms with Crippen LogP contribution < -0.4 is 10.2 Å². The van der Waals surface area contributed by atoms with Gasteiger partial charge in [0.1, 0.15) is 4.86 Å². The van der Waals surface area contributed by atoms with Gasteiger partial charge in [-0.25, -0.2) is 9.69 Å². The molecule has 1 saturated heterocycles. The molecule has 94 valence electrons. The molecule has 0 saturated carbocycles. The first kappa shape index (κ1) is 12.5. The van der Waals surface area contributed by atoms with Crippen LogP contribution in [0.1, 0.15) is 0 Å². The van der Waals surface area contributed by atoms with E-state index >= 15 is 0 Å². The highest BCUT2D eigenvalue weighted by atomic mass is 32.2. The highest BCUT2D eigenvalue weighted by Crippen LogP contribution is 2.19. The number of para-hydroxylation sites is 1. The summed E-state index contributed by atoms with van der Waals surface area (Å²) in [7, 11) is -0.510. The number of barbiturate groups is 1. The summed E-state index contributed by atoms with van der Waals surface area (Å²) in [4.78, 5) is 36.7. The van der Waals surface area contributed by atoms with Crippen molar-refractivity contribution in [2.45, 2.75) is 0 Å². The zero-order valence-corrected chi connectivity index (χ0v) is 10.8. The first-order valence-electron chi connectivity index (χ1n) is 5.21. The Labute approximate surface area is 107 Å². The second kappa shape index (κ2) is 4.73. The van der Waals surface area contributed by atoms with Gasteiger partial charge >= 0.3 is 6.03 Å². The predicted molar refractivity (Wildman–Crippen MR) is 71.9 cm³/mol. The average molecular weight is 264 g/mol. The molecule has 0 radical (unpaired) electrons. The summed E-state index contributed by atoms with van der Waals surface area (Å²) in [5.41, 5.74) is 0.454. The van der Waals surface area contributed by atoms with Crippen LogP contribution in [0.3, 0.4) is 0 Å². The summed E-state index contributed by atoms with van der Waals surface area (Å²) in [6, 6.07) is 7.83. The van der Waals surface area contributed by atoms with Gasteiger partial charge in [-0.2, -0.15) is 10.5 Å². The molecule has 2 rings (SSSR count). The summed E-state index contributed by atoms with van der Waals surface area (Å²) in [5, 5.41) is 2.19. The normalized spacial score (nSPS) is 16.3. The topological polar surface area (TPSA) is 66.5 Å². The Morgan fingerprint density at radius 3 is 2.22 bits per heavy atom. The number of nitrogens with zero attached hydrogens (tertiary/aromatic N) is 1. The lowest BCUT2D eigenvalue weighted by Crippen LogP contribution is -2.58. The van der Waals surface area contributed by atoms with Crippen LogP contribution in [-0.2, 0) is 9.59 Å². The summed E-state index contributed by atoms with van der Waals surface area (Å²) >= 11 is 0. The van der Waals surface area contributed by atoms with Crippen LogP contribution in [-0.4, -0.2) is 35.2 Å². The van der Waals surface area contributed by atoms with Crippen molar-refractivity contribution in [1.82, 2.24) is 5.32 Å². The Hall–Kier alpha value is -1.95. The summed E-state index contributed by atoms with van der Waals surface area (Å²) < 4.78 is 0. The molecule has 1 fully saturated rings. The zero-order valence-electron chi connectivity index (χ0n) is 9.97. The number of imide groups is 2. The number of rotatable bonds is 1. The Balaban J connectivity index is 2.49. The minimum atomic E-state index is -0.703. The van der Waals surface area contributed by atoms with Crippen LogP contribution in [0, 0.1) is 0 Å². The quantitative estimate of drug-likeness (QED) is 0.769. The standard InChI is InChI=1S/C12H12N2O3S/c1-18(2)9-10(15)13-12(17)14(11(9)16)8-6-4-3-5-7-8/h3-7H,1-2H3,(H,13,15,17). The molecular formula is C12H12N2O3S. The number of urea groups is 1. The van der Waals surface area contributed by atoms with Crippen molar-refractivity contribution in [3.8, 4) is 0 Å². The SMILES string of the molecule is CS(C)=C1C(=O)NC(=O)N(c2ccccc2)C1=O. The van der Waals surface area contributed by atoms with Crippen molar-refractivity contribution in [1.29, 1.82) is 0 Å². The molecule has 0 aromatic heterocycles. The Morgan fingerprint density at radius 1 is 1.06 bits per heavy atom. The van der Waals surface area contributed by atoms with Gasteiger partial charge in [0.2, 0.25) is 0 Å². The number of carbonyl (C=O) groups excluding carboxylic acids is 3. The molecule has 0 spiro atoms. The van der Waals surface area contributed by atoms with E-state index in [4.69, 9.17) is 0 Å². The maximum absolute atomic E-state index is 12.2. The second-order valence-corrected chi connectivity index (χ2v) is 5.92. The molecule has 0 aliphatic carbocycles. The van der Waals surface area contributed by atoms with Gasteiger partial charge < -0.3 is 0 Å². The Morgan fingerprint density at radius 2 is 1.67 bits per heavy atom. The second-order valence-electron chi connectivity index (χ2n) is 3.88. The largest absolute Gasteiger partial charge is 0.335 e. The lowest BCUT2D eigenvalue weighted by molar-refractivity contribution is -0.117. The van der Waals surface area contributed by atoms with E-state index in [9.17, 15) is 14.4 Å². The number of hydrogen-bond acceptors (Lipinski definition) is 3. The maximum Gasteiger partial charge on any atom is 0.335 e. The molecular weight excluding hydrogens is 252 g/mol. The number of benzene rings is 1. The molecule has 1 aliphatic rings. The smallest absolute Gasteiger partial charge is 0.273 e. The molecule has 1 aromatic rings. The van der Waals surface area contributed by atoms with Gasteiger partial charge in [-0.15, -0.1) is 0 Å². The van der Waals surface area contributed by atoms with E-state index < -0.39 is 28.3 Å². The number of carbonyl (C=O) groups is 3. The van der Waals surface area contributed by atoms with Crippen molar-refractivity contribution < 1.29 is 14.4 Å². The van der Waals surface area contributed by atoms with Crippen LogP contribution in [0.2, 0.25) is 0 Å². The summed E-state index contributed by atoms with van der Waals surface area (Å²) in [5.74, 6) is -1.13. The minimum Gasteiger partial charge on any atom is -0.273 e. The fourth-order valence-corrected chi connectivity index (χ4v) is 2.53. The van der Waals surface area contributed by atoms with Crippen LogP contribution in [0.4, 0.5) is 10.5 Å². The van der Waals surface area contributed by atoms with Crippen LogP contribution in [0.25, 0.3) is 0 Å². The fraction of sp³-hybridized carbons (Fsp3) is 0.167. The van der Waals surface area contributed by atoms with Crippen LogP contribution in [0.5, 0.6) is 0 Å². The first-order chi connectivity index (χ1) is 8.52. The van der Waals surface area contributed by atoms with Gasteiger partial charge in [-0.3, -0.25) is 14.9 Å². The lowest BCUT2D eigenvalue weighted by Gasteiger charge is -2.26. The van der Waals surface area contributed by atoms with Gasteiger partial charge in [0.15, 0.2) is 0 Å². The Kier molecular flexibility index (Phi) is 3.29. The van der Waals surface area contributed by atoms with Gasteiger partial charge in [0.25, 0.3) is 11.8 Å². The maximum atomic E-state index is 12.2. The van der Waals surface area contributed by atoms with Crippen molar-refractivity contribution in [3.63, 3.8) is 0 Å². The first-order valence-corrected chi connectivity index (χ1v) is 7.26. The molecule has 0 atom stereocenters. The third kappa shape index (κ3) is 2.06. The molecule has 0 bridgehead atoms. The van der Waals surface area contributed by atoms with E-state index in [1.165, 1.54) is 0 Å². The third-order valence-corrected chi connectivity index (χ3v) is 3.63. The number of amides is 4. The van der Waals surface area contributed by atoms with E-state index in [1.54, 1.807) is 42.8 Å². The van der Waals surface area contributed by atoms with Crippen molar-refractivity contribution in [2.75, 3.05) is 17.4 Å². The number of nitrogens with one attached hydrogen (secondary N) is 1. The van der Waals surface area contributed by atoms with E-state index in [2.05, 4.69) is 5.32 Å². The molecule has 5 nitrogen and oxygen atoms in total. The van der Waals surface area contributed by atoms with Crippen LogP contribution in [0.15, 0.2) is 30.3 Å². The van der Waals surface area contributed by atoms with Crippen LogP contribution >= 0.6 is 10.5 Å². The minimum absolute atomic E-state index is 0.124. The van der Waals surface area contributed by atoms with Crippen molar-refractivity contribution in [3.05, 3.63) is 30.3 Å². The van der Waals surface area contributed by atoms with Crippen molar-refractivity contribution >= 4 is 38.9 Å². The highest BCUT2D eigenvalue weighted by Gasteiger charge is 2.37. The molecule has 4 amide bonds. The monoisotopic (exact) mass is 264 g/mol. The number of anilines is 1.